The van der Waals surface area contributed by atoms with Gasteiger partial charge in [0.15, 0.2) is 0 Å². The fraction of sp³-hybridized carbons (Fsp3) is 0.333. The summed E-state index contributed by atoms with van der Waals surface area (Å²) in [6.07, 6.45) is -6.92. The van der Waals surface area contributed by atoms with E-state index in [4.69, 9.17) is 0 Å². The Morgan fingerprint density at radius 1 is 1.21 bits per heavy atom. The fourth-order valence-corrected chi connectivity index (χ4v) is 1.90. The SMILES string of the molecule is CC[C@@]1(C(F)(F)F)OC(=O)N(c2ccccc2)C1=O. The molecule has 1 aliphatic rings. The van der Waals surface area contributed by atoms with Crippen molar-refractivity contribution >= 4 is 17.7 Å². The first-order valence-corrected chi connectivity index (χ1v) is 5.53. The number of ether oxygens (including phenoxy) is 1. The number of para-hydroxylation sites is 1. The predicted octanol–water partition coefficient (Wildman–Crippen LogP) is 2.88. The highest BCUT2D eigenvalue weighted by Crippen LogP contribution is 2.43. The number of amides is 2. The van der Waals surface area contributed by atoms with Crippen LogP contribution in [0.2, 0.25) is 0 Å². The van der Waals surface area contributed by atoms with Gasteiger partial charge in [0, 0.05) is 6.42 Å². The molecular formula is C12H10F3NO3. The smallest absolute Gasteiger partial charge is 0.422 e. The van der Waals surface area contributed by atoms with E-state index in [-0.39, 0.29) is 5.69 Å². The number of cyclic esters (lactones) is 1. The van der Waals surface area contributed by atoms with Crippen molar-refractivity contribution in [3.05, 3.63) is 30.3 Å². The van der Waals surface area contributed by atoms with Gasteiger partial charge in [0.2, 0.25) is 0 Å². The Morgan fingerprint density at radius 2 is 1.79 bits per heavy atom. The Bertz CT molecular complexity index is 515. The molecule has 1 heterocycles. The zero-order valence-electron chi connectivity index (χ0n) is 9.90. The number of alkyl halides is 3. The summed E-state index contributed by atoms with van der Waals surface area (Å²) in [4.78, 5) is 24.0. The molecule has 0 unspecified atom stereocenters. The second kappa shape index (κ2) is 4.25. The van der Waals surface area contributed by atoms with E-state index < -0.39 is 30.2 Å². The second-order valence-electron chi connectivity index (χ2n) is 4.02. The van der Waals surface area contributed by atoms with Crippen molar-refractivity contribution in [2.24, 2.45) is 0 Å². The van der Waals surface area contributed by atoms with Crippen molar-refractivity contribution in [1.29, 1.82) is 0 Å². The first kappa shape index (κ1) is 13.4. The minimum absolute atomic E-state index is 0.0528. The summed E-state index contributed by atoms with van der Waals surface area (Å²) in [5, 5.41) is 0. The Hall–Kier alpha value is -2.05. The number of carbonyl (C=O) groups excluding carboxylic acids is 2. The molecule has 0 bridgehead atoms. The molecule has 0 radical (unpaired) electrons. The highest BCUT2D eigenvalue weighted by Gasteiger charge is 2.69. The largest absolute Gasteiger partial charge is 0.437 e. The van der Waals surface area contributed by atoms with E-state index >= 15 is 0 Å². The maximum atomic E-state index is 13.0. The molecule has 1 aromatic carbocycles. The van der Waals surface area contributed by atoms with Gasteiger partial charge in [-0.25, -0.2) is 9.69 Å². The zero-order valence-corrected chi connectivity index (χ0v) is 9.90. The number of hydrogen-bond donors (Lipinski definition) is 0. The first-order chi connectivity index (χ1) is 8.83. The first-order valence-electron chi connectivity index (χ1n) is 5.53. The molecule has 1 saturated heterocycles. The van der Waals surface area contributed by atoms with Gasteiger partial charge in [-0.1, -0.05) is 25.1 Å². The van der Waals surface area contributed by atoms with Gasteiger partial charge in [0.1, 0.15) is 0 Å². The van der Waals surface area contributed by atoms with Gasteiger partial charge in [0.25, 0.3) is 11.5 Å². The van der Waals surface area contributed by atoms with E-state index in [1.807, 2.05) is 0 Å². The molecule has 4 nitrogen and oxygen atoms in total. The molecule has 0 aromatic heterocycles. The molecule has 2 amide bonds. The third-order valence-corrected chi connectivity index (χ3v) is 2.96. The summed E-state index contributed by atoms with van der Waals surface area (Å²) in [5.74, 6) is -1.40. The summed E-state index contributed by atoms with van der Waals surface area (Å²) in [7, 11) is 0. The monoisotopic (exact) mass is 273 g/mol. The number of hydrogen-bond acceptors (Lipinski definition) is 3. The van der Waals surface area contributed by atoms with Crippen LogP contribution in [0.15, 0.2) is 30.3 Å². The topological polar surface area (TPSA) is 46.6 Å². The van der Waals surface area contributed by atoms with E-state index in [0.29, 0.717) is 4.90 Å². The Kier molecular flexibility index (Phi) is 3.00. The van der Waals surface area contributed by atoms with Crippen LogP contribution < -0.4 is 4.90 Å². The average molecular weight is 273 g/mol. The number of halogens is 3. The predicted molar refractivity (Wildman–Crippen MR) is 59.5 cm³/mol. The summed E-state index contributed by atoms with van der Waals surface area (Å²) in [5.41, 5.74) is -3.03. The van der Waals surface area contributed by atoms with Gasteiger partial charge in [-0.05, 0) is 12.1 Å². The molecule has 0 spiro atoms. The van der Waals surface area contributed by atoms with Crippen LogP contribution in [0.3, 0.4) is 0 Å². The molecule has 1 fully saturated rings. The number of nitrogens with zero attached hydrogens (tertiary/aromatic N) is 1. The summed E-state index contributed by atoms with van der Waals surface area (Å²) >= 11 is 0. The molecule has 19 heavy (non-hydrogen) atoms. The van der Waals surface area contributed by atoms with E-state index in [9.17, 15) is 22.8 Å². The fourth-order valence-electron chi connectivity index (χ4n) is 1.90. The van der Waals surface area contributed by atoms with Crippen LogP contribution in [-0.2, 0) is 9.53 Å². The lowest BCUT2D eigenvalue weighted by Gasteiger charge is -2.25. The molecule has 102 valence electrons. The number of carbonyl (C=O) groups is 2. The van der Waals surface area contributed by atoms with Gasteiger partial charge in [-0.3, -0.25) is 4.79 Å². The minimum atomic E-state index is -4.95. The van der Waals surface area contributed by atoms with Crippen molar-refractivity contribution < 1.29 is 27.5 Å². The lowest BCUT2D eigenvalue weighted by Crippen LogP contribution is -2.52. The average Bonchev–Trinajstić information content (AvgIpc) is 2.62. The van der Waals surface area contributed by atoms with Crippen LogP contribution in [-0.4, -0.2) is 23.8 Å². The molecule has 0 saturated carbocycles. The summed E-state index contributed by atoms with van der Waals surface area (Å²) in [6, 6.07) is 7.36. The maximum Gasteiger partial charge on any atom is 0.437 e. The van der Waals surface area contributed by atoms with Gasteiger partial charge >= 0.3 is 12.3 Å². The van der Waals surface area contributed by atoms with Crippen LogP contribution in [0.25, 0.3) is 0 Å². The van der Waals surface area contributed by atoms with Crippen molar-refractivity contribution in [2.75, 3.05) is 4.90 Å². The summed E-state index contributed by atoms with van der Waals surface area (Å²) < 4.78 is 43.4. The van der Waals surface area contributed by atoms with Crippen LogP contribution >= 0.6 is 0 Å². The van der Waals surface area contributed by atoms with E-state index in [2.05, 4.69) is 4.74 Å². The number of imide groups is 1. The van der Waals surface area contributed by atoms with Crippen LogP contribution in [0.5, 0.6) is 0 Å². The van der Waals surface area contributed by atoms with Gasteiger partial charge in [-0.15, -0.1) is 0 Å². The van der Waals surface area contributed by atoms with Crippen molar-refractivity contribution in [1.82, 2.24) is 0 Å². The van der Waals surface area contributed by atoms with E-state index in [0.717, 1.165) is 6.92 Å². The van der Waals surface area contributed by atoms with Crippen LogP contribution in [0.4, 0.5) is 23.7 Å². The normalized spacial score (nSPS) is 23.7. The highest BCUT2D eigenvalue weighted by molar-refractivity contribution is 6.20. The highest BCUT2D eigenvalue weighted by atomic mass is 19.4. The van der Waals surface area contributed by atoms with E-state index in [1.165, 1.54) is 24.3 Å². The summed E-state index contributed by atoms with van der Waals surface area (Å²) in [6.45, 7) is 1.15. The van der Waals surface area contributed by atoms with Crippen molar-refractivity contribution in [2.45, 2.75) is 25.1 Å². The Morgan fingerprint density at radius 3 is 2.21 bits per heavy atom. The van der Waals surface area contributed by atoms with Crippen LogP contribution in [0, 0.1) is 0 Å². The Balaban J connectivity index is 2.47. The number of anilines is 1. The lowest BCUT2D eigenvalue weighted by atomic mass is 9.99. The van der Waals surface area contributed by atoms with Gasteiger partial charge in [-0.2, -0.15) is 13.2 Å². The molecule has 1 atom stereocenters. The molecule has 2 rings (SSSR count). The van der Waals surface area contributed by atoms with Crippen molar-refractivity contribution in [3.8, 4) is 0 Å². The molecule has 7 heteroatoms. The third kappa shape index (κ3) is 1.85. The number of rotatable bonds is 2. The quantitative estimate of drug-likeness (QED) is 0.832. The molecule has 1 aliphatic heterocycles. The molecule has 1 aromatic rings. The molecule has 0 aliphatic carbocycles. The standard InChI is InChI=1S/C12H10F3NO3/c1-2-11(12(13,14)15)9(17)16(10(18)19-11)8-6-4-3-5-7-8/h3-7H,2H2,1H3/t11-/m1/s1. The molecule has 0 N–H and O–H groups in total. The van der Waals surface area contributed by atoms with E-state index in [1.54, 1.807) is 6.07 Å². The minimum Gasteiger partial charge on any atom is -0.422 e. The third-order valence-electron chi connectivity index (χ3n) is 2.96. The lowest BCUT2D eigenvalue weighted by molar-refractivity contribution is -0.241. The zero-order chi connectivity index (χ0) is 14.3. The van der Waals surface area contributed by atoms with Crippen LogP contribution in [0.1, 0.15) is 13.3 Å². The van der Waals surface area contributed by atoms with Gasteiger partial charge in [0.05, 0.1) is 5.69 Å². The Labute approximate surface area is 106 Å². The maximum absolute atomic E-state index is 13.0. The van der Waals surface area contributed by atoms with Crippen molar-refractivity contribution in [3.63, 3.8) is 0 Å². The number of benzene rings is 1. The second-order valence-corrected chi connectivity index (χ2v) is 4.02. The van der Waals surface area contributed by atoms with Gasteiger partial charge < -0.3 is 4.74 Å². The molecular weight excluding hydrogens is 263 g/mol.